The van der Waals surface area contributed by atoms with Gasteiger partial charge in [0.2, 0.25) is 0 Å². The number of fused-ring (bicyclic) bond motifs is 1. The summed E-state index contributed by atoms with van der Waals surface area (Å²) in [5, 5.41) is 0.887. The van der Waals surface area contributed by atoms with Gasteiger partial charge in [-0.1, -0.05) is 0 Å². The van der Waals surface area contributed by atoms with E-state index in [1.807, 2.05) is 0 Å². The van der Waals surface area contributed by atoms with E-state index in [1.54, 1.807) is 5.70 Å². The molecule has 1 unspecified atom stereocenters. The van der Waals surface area contributed by atoms with E-state index < -0.39 is 8.56 Å². The molecular formula is C2H2O2Si. The summed E-state index contributed by atoms with van der Waals surface area (Å²) in [6, 6.07) is 0. The van der Waals surface area contributed by atoms with Crippen LogP contribution in [0.3, 0.4) is 0 Å². The number of hydrogen-bond donors (Lipinski definition) is 1. The van der Waals surface area contributed by atoms with Crippen LogP contribution >= 0.6 is 0 Å². The van der Waals surface area contributed by atoms with Gasteiger partial charge in [0.1, 0.15) is 5.38 Å². The van der Waals surface area contributed by atoms with E-state index >= 15 is 0 Å². The Morgan fingerprint density at radius 1 is 2.00 bits per heavy atom. The minimum atomic E-state index is -1.90. The summed E-state index contributed by atoms with van der Waals surface area (Å²) in [6.07, 6.45) is 0. The maximum Gasteiger partial charge on any atom is 0.495 e. The second kappa shape index (κ2) is 0.239. The molecule has 1 N–H and O–H groups in total. The van der Waals surface area contributed by atoms with Gasteiger partial charge in [-0.2, -0.15) is 0 Å². The molecule has 0 aromatic carbocycles. The van der Waals surface area contributed by atoms with Crippen molar-refractivity contribution in [2.75, 3.05) is 0 Å². The third-order valence-electron chi connectivity index (χ3n) is 0.820. The summed E-state index contributed by atoms with van der Waals surface area (Å²) in [6.45, 7) is 0. The lowest BCUT2D eigenvalue weighted by molar-refractivity contribution is 0.466. The lowest BCUT2D eigenvalue weighted by atomic mass is 11.2. The summed E-state index contributed by atoms with van der Waals surface area (Å²) in [4.78, 5) is 8.53. The topological polar surface area (TPSA) is 32.8 Å². The Bertz CT molecular complexity index is 119. The average molecular weight is 86.1 g/mol. The fourth-order valence-electron chi connectivity index (χ4n) is 0.285. The molecule has 2 rings (SSSR count). The van der Waals surface area contributed by atoms with Crippen molar-refractivity contribution in [1.29, 1.82) is 0 Å². The molecule has 2 heterocycles. The smallest absolute Gasteiger partial charge is 0.495 e. The first kappa shape index (κ1) is 1.99. The SMILES string of the molecule is O[Si]12C=C1O2. The molecule has 26 valence electrons. The van der Waals surface area contributed by atoms with E-state index in [0.29, 0.717) is 0 Å². The van der Waals surface area contributed by atoms with Gasteiger partial charge in [-0.15, -0.1) is 0 Å². The summed E-state index contributed by atoms with van der Waals surface area (Å²) >= 11 is 0. The van der Waals surface area contributed by atoms with Crippen molar-refractivity contribution < 1.29 is 9.22 Å². The van der Waals surface area contributed by atoms with Crippen molar-refractivity contribution in [3.05, 3.63) is 11.1 Å². The van der Waals surface area contributed by atoms with Gasteiger partial charge in [0.05, 0.1) is 0 Å². The zero-order valence-corrected chi connectivity index (χ0v) is 3.43. The highest BCUT2D eigenvalue weighted by Gasteiger charge is 2.70. The maximum atomic E-state index is 8.53. The lowest BCUT2D eigenvalue weighted by Crippen LogP contribution is -1.98. The molecule has 1 saturated heterocycles. The molecule has 3 heteroatoms. The van der Waals surface area contributed by atoms with Crippen molar-refractivity contribution in [3.8, 4) is 0 Å². The Kier molecular flexibility index (Phi) is 0.0953. The minimum absolute atomic E-state index is 0.887. The zero-order valence-electron chi connectivity index (χ0n) is 2.43. The average Bonchev–Trinajstić information content (AvgIpc) is 1.74. The van der Waals surface area contributed by atoms with Gasteiger partial charge in [0, 0.05) is 5.70 Å². The third-order valence-corrected chi connectivity index (χ3v) is 2.46. The van der Waals surface area contributed by atoms with Crippen molar-refractivity contribution in [2.24, 2.45) is 0 Å². The van der Waals surface area contributed by atoms with Gasteiger partial charge in [0.25, 0.3) is 0 Å². The van der Waals surface area contributed by atoms with E-state index in [2.05, 4.69) is 4.43 Å². The molecule has 1 atom stereocenters. The Hall–Kier alpha value is -0.283. The molecule has 0 amide bonds. The summed E-state index contributed by atoms with van der Waals surface area (Å²) in [5.74, 6) is 0. The Morgan fingerprint density at radius 3 is 2.20 bits per heavy atom. The first-order valence-corrected chi connectivity index (χ1v) is 3.39. The molecule has 0 aliphatic carbocycles. The highest BCUT2D eigenvalue weighted by atomic mass is 28.4. The van der Waals surface area contributed by atoms with Crippen LogP contribution in [0.5, 0.6) is 0 Å². The standard InChI is InChI=1S/C2H2O2Si/c3-5-1-2(5)4-5/h1,3H. The van der Waals surface area contributed by atoms with Crippen molar-refractivity contribution in [1.82, 2.24) is 0 Å². The molecule has 0 saturated carbocycles. The van der Waals surface area contributed by atoms with Gasteiger partial charge < -0.3 is 9.22 Å². The molecule has 2 nitrogen and oxygen atoms in total. The van der Waals surface area contributed by atoms with E-state index in [0.717, 1.165) is 5.38 Å². The monoisotopic (exact) mass is 86.0 g/mol. The predicted octanol–water partition coefficient (Wildman–Crippen LogP) is -0.573. The van der Waals surface area contributed by atoms with Gasteiger partial charge in [-0.25, -0.2) is 0 Å². The first-order valence-electron chi connectivity index (χ1n) is 1.46. The van der Waals surface area contributed by atoms with Crippen molar-refractivity contribution in [3.63, 3.8) is 0 Å². The van der Waals surface area contributed by atoms with E-state index in [1.165, 1.54) is 0 Å². The predicted molar refractivity (Wildman–Crippen MR) is 17.1 cm³/mol. The van der Waals surface area contributed by atoms with Crippen LogP contribution in [0.2, 0.25) is 0 Å². The fourth-order valence-corrected chi connectivity index (χ4v) is 1.54. The quantitative estimate of drug-likeness (QED) is 0.316. The van der Waals surface area contributed by atoms with Crippen LogP contribution in [0.1, 0.15) is 0 Å². The Labute approximate surface area is 29.9 Å². The van der Waals surface area contributed by atoms with Gasteiger partial charge >= 0.3 is 8.56 Å². The second-order valence-electron chi connectivity index (χ2n) is 1.31. The molecule has 0 bridgehead atoms. The normalized spacial score (nSPS) is 52.6. The Morgan fingerprint density at radius 2 is 2.20 bits per heavy atom. The molecule has 0 radical (unpaired) electrons. The number of rotatable bonds is 0. The van der Waals surface area contributed by atoms with Crippen LogP contribution in [0.15, 0.2) is 11.1 Å². The van der Waals surface area contributed by atoms with Crippen molar-refractivity contribution in [2.45, 2.75) is 0 Å². The zero-order chi connectivity index (χ0) is 3.49. The van der Waals surface area contributed by atoms with E-state index in [4.69, 9.17) is 4.80 Å². The van der Waals surface area contributed by atoms with Crippen LogP contribution < -0.4 is 0 Å². The number of hydrogen-bond acceptors (Lipinski definition) is 2. The summed E-state index contributed by atoms with van der Waals surface area (Å²) < 4.78 is 4.55. The molecule has 2 aliphatic heterocycles. The van der Waals surface area contributed by atoms with Gasteiger partial charge in [0.15, 0.2) is 0 Å². The van der Waals surface area contributed by atoms with Crippen LogP contribution in [0, 0.1) is 0 Å². The molecule has 2 aliphatic rings. The third kappa shape index (κ3) is 0.0798. The highest BCUT2D eigenvalue weighted by Crippen LogP contribution is 2.48. The first-order chi connectivity index (χ1) is 2.31. The molecule has 0 aromatic heterocycles. The molecular weight excluding hydrogens is 84.1 g/mol. The van der Waals surface area contributed by atoms with Crippen LogP contribution in [0.4, 0.5) is 0 Å². The highest BCUT2D eigenvalue weighted by molar-refractivity contribution is 6.98. The van der Waals surface area contributed by atoms with Gasteiger partial charge in [-0.05, 0) is 0 Å². The van der Waals surface area contributed by atoms with Crippen LogP contribution in [-0.4, -0.2) is 13.4 Å². The second-order valence-corrected chi connectivity index (χ2v) is 3.69. The maximum absolute atomic E-state index is 8.53. The minimum Gasteiger partial charge on any atom is -0.514 e. The van der Waals surface area contributed by atoms with Crippen LogP contribution in [0.25, 0.3) is 0 Å². The fraction of sp³-hybridized carbons (Fsp3) is 0. The molecule has 5 heavy (non-hydrogen) atoms. The summed E-state index contributed by atoms with van der Waals surface area (Å²) in [5.41, 5.74) is 1.80. The molecule has 0 aromatic rings. The molecule has 1 fully saturated rings. The molecule has 0 spiro atoms. The van der Waals surface area contributed by atoms with Crippen LogP contribution in [-0.2, 0) is 4.43 Å². The van der Waals surface area contributed by atoms with Gasteiger partial charge in [-0.3, -0.25) is 0 Å². The van der Waals surface area contributed by atoms with E-state index in [-0.39, 0.29) is 0 Å². The lowest BCUT2D eigenvalue weighted by Gasteiger charge is -1.73. The largest absolute Gasteiger partial charge is 0.514 e. The van der Waals surface area contributed by atoms with Crippen molar-refractivity contribution >= 4 is 8.56 Å². The summed E-state index contributed by atoms with van der Waals surface area (Å²) in [7, 11) is -1.90. The Balaban J connectivity index is 2.55. The van der Waals surface area contributed by atoms with E-state index in [9.17, 15) is 0 Å².